The predicted molar refractivity (Wildman–Crippen MR) is 149 cm³/mol. The maximum atomic E-state index is 13.1. The van der Waals surface area contributed by atoms with Gasteiger partial charge in [-0.1, -0.05) is 62.4 Å². The van der Waals surface area contributed by atoms with Crippen LogP contribution in [0.15, 0.2) is 95.4 Å². The third-order valence-electron chi connectivity index (χ3n) is 6.00. The van der Waals surface area contributed by atoms with Crippen LogP contribution >= 0.6 is 0 Å². The summed E-state index contributed by atoms with van der Waals surface area (Å²) >= 11 is 0. The number of carbonyl (C=O) groups is 1. The van der Waals surface area contributed by atoms with Gasteiger partial charge in [-0.05, 0) is 35.7 Å². The van der Waals surface area contributed by atoms with Crippen LogP contribution in [0.4, 0.5) is 10.5 Å². The van der Waals surface area contributed by atoms with Crippen molar-refractivity contribution in [2.75, 3.05) is 26.0 Å². The zero-order valence-corrected chi connectivity index (χ0v) is 21.7. The molecule has 2 amide bonds. The first kappa shape index (κ1) is 25.6. The van der Waals surface area contributed by atoms with Gasteiger partial charge in [0.1, 0.15) is 17.5 Å². The molecule has 0 spiro atoms. The Balaban J connectivity index is 1.68. The highest BCUT2D eigenvalue weighted by molar-refractivity contribution is 6.31. The first-order valence-corrected chi connectivity index (χ1v) is 12.3. The molecule has 8 nitrogen and oxygen atoms in total. The number of anilines is 1. The fourth-order valence-corrected chi connectivity index (χ4v) is 4.18. The second-order valence-electron chi connectivity index (χ2n) is 9.25. The molecule has 1 fully saturated rings. The smallest absolute Gasteiger partial charge is 0.331 e. The molecular formula is C29H33N7O. The monoisotopic (exact) mass is 495 g/mol. The summed E-state index contributed by atoms with van der Waals surface area (Å²) in [5.41, 5.74) is 4.44. The lowest BCUT2D eigenvalue weighted by Crippen LogP contribution is -2.56. The van der Waals surface area contributed by atoms with Crippen molar-refractivity contribution >= 4 is 23.4 Å². The minimum Gasteiger partial charge on any atom is -0.367 e. The van der Waals surface area contributed by atoms with Gasteiger partial charge in [-0.15, -0.1) is 0 Å². The lowest BCUT2D eigenvalue weighted by atomic mass is 10.1. The number of para-hydroxylation sites is 1. The Morgan fingerprint density at radius 1 is 1.03 bits per heavy atom. The predicted octanol–water partition coefficient (Wildman–Crippen LogP) is 5.19. The van der Waals surface area contributed by atoms with E-state index < -0.39 is 0 Å². The van der Waals surface area contributed by atoms with Gasteiger partial charge in [-0.2, -0.15) is 0 Å². The van der Waals surface area contributed by atoms with Gasteiger partial charge in [-0.25, -0.2) is 4.79 Å². The number of nitrogens with zero attached hydrogens (tertiary/aromatic N) is 4. The third-order valence-corrected chi connectivity index (χ3v) is 6.00. The van der Waals surface area contributed by atoms with Crippen LogP contribution in [0.5, 0.6) is 0 Å². The van der Waals surface area contributed by atoms with Crippen LogP contribution in [0.1, 0.15) is 19.4 Å². The molecule has 2 aromatic carbocycles. The number of amidine groups is 2. The Morgan fingerprint density at radius 2 is 1.73 bits per heavy atom. The molecule has 0 saturated carbocycles. The van der Waals surface area contributed by atoms with Gasteiger partial charge in [-0.3, -0.25) is 25.2 Å². The number of amides is 2. The summed E-state index contributed by atoms with van der Waals surface area (Å²) in [6.07, 6.45) is 1.79. The average molecular weight is 496 g/mol. The Kier molecular flexibility index (Phi) is 7.98. The molecule has 1 aliphatic heterocycles. The molecule has 1 aromatic heterocycles. The summed E-state index contributed by atoms with van der Waals surface area (Å²) in [6.45, 7) is 5.01. The number of aromatic nitrogens is 1. The highest BCUT2D eigenvalue weighted by Crippen LogP contribution is 2.23. The molecule has 1 aliphatic rings. The first-order valence-electron chi connectivity index (χ1n) is 12.3. The van der Waals surface area contributed by atoms with Crippen LogP contribution < -0.4 is 10.6 Å². The number of hydrogen-bond acceptors (Lipinski definition) is 6. The number of nitrogens with one attached hydrogen (secondary N) is 3. The van der Waals surface area contributed by atoms with Crippen LogP contribution in [0.25, 0.3) is 11.3 Å². The molecule has 1 saturated heterocycles. The van der Waals surface area contributed by atoms with E-state index in [0.29, 0.717) is 30.3 Å². The number of urea groups is 1. The summed E-state index contributed by atoms with van der Waals surface area (Å²) in [5.74, 6) is 1.37. The van der Waals surface area contributed by atoms with Gasteiger partial charge in [0, 0.05) is 44.6 Å². The van der Waals surface area contributed by atoms with Crippen molar-refractivity contribution in [1.82, 2.24) is 20.1 Å². The molecule has 37 heavy (non-hydrogen) atoms. The van der Waals surface area contributed by atoms with E-state index in [1.54, 1.807) is 20.3 Å². The lowest BCUT2D eigenvalue weighted by molar-refractivity contribution is 0.198. The number of hydrogen-bond donors (Lipinski definition) is 3. The summed E-state index contributed by atoms with van der Waals surface area (Å²) in [4.78, 5) is 24.9. The quantitative estimate of drug-likeness (QED) is 0.401. The normalized spacial score (nSPS) is 16.4. The molecule has 8 heteroatoms. The van der Waals surface area contributed by atoms with E-state index in [1.165, 1.54) is 9.80 Å². The minimum atomic E-state index is -0.257. The van der Waals surface area contributed by atoms with Crippen LogP contribution in [0.3, 0.4) is 0 Å². The van der Waals surface area contributed by atoms with E-state index in [-0.39, 0.29) is 17.8 Å². The number of pyridine rings is 1. The summed E-state index contributed by atoms with van der Waals surface area (Å²) in [5, 5.41) is 15.9. The number of rotatable bonds is 8. The van der Waals surface area contributed by atoms with Gasteiger partial charge in [0.05, 0.1) is 11.3 Å². The number of carbonyl (C=O) groups excluding carboxylic acids is 1. The molecule has 3 N–H and O–H groups in total. The number of likely N-dealkylation sites (N-methyl/N-ethyl adjacent to an activating group) is 1. The van der Waals surface area contributed by atoms with Crippen LogP contribution in [0, 0.1) is 11.3 Å². The molecule has 190 valence electrons. The summed E-state index contributed by atoms with van der Waals surface area (Å²) in [6, 6.07) is 23.6. The largest absolute Gasteiger partial charge is 0.367 e. The number of benzene rings is 2. The second-order valence-corrected chi connectivity index (χ2v) is 9.25. The van der Waals surface area contributed by atoms with Crippen molar-refractivity contribution in [1.29, 1.82) is 5.41 Å². The molecule has 4 rings (SSSR count). The SMILES string of the molecule is C/N=C1/C(=C(/NCc2ccc(-c3ccccn3)cc2)Nc2ccccc2)C(=N)N(CC(C)C)C(=O)N1C. The topological polar surface area (TPSA) is 96.7 Å². The van der Waals surface area contributed by atoms with Crippen LogP contribution in [-0.4, -0.2) is 53.1 Å². The molecule has 3 aromatic rings. The van der Waals surface area contributed by atoms with E-state index >= 15 is 0 Å². The molecule has 0 radical (unpaired) electrons. The van der Waals surface area contributed by atoms with E-state index in [4.69, 9.17) is 5.41 Å². The molecule has 0 bridgehead atoms. The van der Waals surface area contributed by atoms with E-state index in [0.717, 1.165) is 22.5 Å². The minimum absolute atomic E-state index is 0.119. The Labute approximate surface area is 218 Å². The second kappa shape index (κ2) is 11.5. The van der Waals surface area contributed by atoms with Gasteiger partial charge >= 0.3 is 6.03 Å². The van der Waals surface area contributed by atoms with Crippen molar-refractivity contribution in [2.24, 2.45) is 10.9 Å². The van der Waals surface area contributed by atoms with Crippen LogP contribution in [0.2, 0.25) is 0 Å². The molecule has 2 heterocycles. The Hall–Kier alpha value is -4.46. The fraction of sp³-hybridized carbons (Fsp3) is 0.241. The zero-order chi connectivity index (χ0) is 26.4. The highest BCUT2D eigenvalue weighted by atomic mass is 16.2. The fourth-order valence-electron chi connectivity index (χ4n) is 4.18. The van der Waals surface area contributed by atoms with Crippen molar-refractivity contribution in [3.05, 3.63) is 96.0 Å². The molecular weight excluding hydrogens is 462 g/mol. The van der Waals surface area contributed by atoms with E-state index in [9.17, 15) is 4.79 Å². The lowest BCUT2D eigenvalue weighted by Gasteiger charge is -2.38. The van der Waals surface area contributed by atoms with E-state index in [2.05, 4.69) is 44.9 Å². The van der Waals surface area contributed by atoms with Gasteiger partial charge in [0.25, 0.3) is 0 Å². The van der Waals surface area contributed by atoms with Crippen molar-refractivity contribution in [2.45, 2.75) is 20.4 Å². The zero-order valence-electron chi connectivity index (χ0n) is 21.7. The molecule has 0 unspecified atom stereocenters. The Morgan fingerprint density at radius 3 is 2.35 bits per heavy atom. The van der Waals surface area contributed by atoms with Crippen molar-refractivity contribution in [3.8, 4) is 11.3 Å². The van der Waals surface area contributed by atoms with Gasteiger partial charge in [0.2, 0.25) is 0 Å². The van der Waals surface area contributed by atoms with Crippen molar-refractivity contribution < 1.29 is 4.79 Å². The third kappa shape index (κ3) is 5.86. The summed E-state index contributed by atoms with van der Waals surface area (Å²) < 4.78 is 0. The maximum Gasteiger partial charge on any atom is 0.331 e. The van der Waals surface area contributed by atoms with Gasteiger partial charge < -0.3 is 10.6 Å². The average Bonchev–Trinajstić information content (AvgIpc) is 2.92. The van der Waals surface area contributed by atoms with E-state index in [1.807, 2.05) is 62.4 Å². The van der Waals surface area contributed by atoms with Crippen LogP contribution in [-0.2, 0) is 6.54 Å². The number of aliphatic imine (C=N–C) groups is 1. The Bertz CT molecular complexity index is 1300. The maximum absolute atomic E-state index is 13.1. The molecule has 0 aliphatic carbocycles. The first-order chi connectivity index (χ1) is 17.9. The summed E-state index contributed by atoms with van der Waals surface area (Å²) in [7, 11) is 3.34. The van der Waals surface area contributed by atoms with Gasteiger partial charge in [0.15, 0.2) is 0 Å². The standard InChI is InChI=1S/C29H33N7O/c1-20(2)19-36-26(30)25(28(31-3)35(4)29(36)37)27(34-23-10-6-5-7-11-23)33-18-21-13-15-22(16-14-21)24-12-8-9-17-32-24/h5-17,20,30,33-34H,18-19H2,1-4H3/b27-25-,30-26?,31-28-. The highest BCUT2D eigenvalue weighted by Gasteiger charge is 2.38. The van der Waals surface area contributed by atoms with Crippen molar-refractivity contribution in [3.63, 3.8) is 0 Å². The molecule has 0 atom stereocenters.